The van der Waals surface area contributed by atoms with Crippen LogP contribution in [-0.2, 0) is 14.8 Å². The average Bonchev–Trinajstić information content (AvgIpc) is 3.00. The smallest absolute Gasteiger partial charge is 0.252 e. The highest BCUT2D eigenvalue weighted by Gasteiger charge is 2.38. The molecule has 0 aliphatic heterocycles. The van der Waals surface area contributed by atoms with Crippen molar-refractivity contribution in [2.24, 2.45) is 0 Å². The van der Waals surface area contributed by atoms with E-state index in [1.54, 1.807) is 23.5 Å². The van der Waals surface area contributed by atoms with Gasteiger partial charge in [-0.05, 0) is 40.9 Å². The number of hydrogen-bond acceptors (Lipinski definition) is 4. The molecule has 0 radical (unpaired) electrons. The highest BCUT2D eigenvalue weighted by atomic mass is 79.9. The maximum atomic E-state index is 12.4. The molecule has 0 N–H and O–H groups in total. The molecule has 1 saturated carbocycles. The molecule has 0 amide bonds. The fourth-order valence-electron chi connectivity index (χ4n) is 1.59. The third-order valence-corrected chi connectivity index (χ3v) is 6.62. The van der Waals surface area contributed by atoms with E-state index in [1.165, 1.54) is 11.3 Å². The third kappa shape index (κ3) is 3.08. The molecular weight excluding hydrogens is 326 g/mol. The normalized spacial score (nSPS) is 16.6. The van der Waals surface area contributed by atoms with Crippen molar-refractivity contribution < 1.29 is 13.2 Å². The van der Waals surface area contributed by atoms with E-state index in [-0.39, 0.29) is 6.04 Å². The fourth-order valence-corrected chi connectivity index (χ4v) is 5.40. The van der Waals surface area contributed by atoms with Gasteiger partial charge in [-0.15, -0.1) is 11.3 Å². The van der Waals surface area contributed by atoms with Crippen molar-refractivity contribution >= 4 is 37.3 Å². The van der Waals surface area contributed by atoms with E-state index in [2.05, 4.69) is 15.9 Å². The van der Waals surface area contributed by atoms with E-state index in [0.29, 0.717) is 17.4 Å². The summed E-state index contributed by atoms with van der Waals surface area (Å²) in [5.41, 5.74) is 0. The number of sulfonamides is 1. The lowest BCUT2D eigenvalue weighted by atomic mass is 10.6. The Kier molecular flexibility index (Phi) is 4.25. The van der Waals surface area contributed by atoms with Crippen molar-refractivity contribution in [2.75, 3.05) is 20.3 Å². The zero-order chi connectivity index (χ0) is 12.5. The van der Waals surface area contributed by atoms with Gasteiger partial charge < -0.3 is 4.74 Å². The Labute approximate surface area is 114 Å². The van der Waals surface area contributed by atoms with Crippen LogP contribution in [0.1, 0.15) is 12.8 Å². The minimum atomic E-state index is -3.35. The highest BCUT2D eigenvalue weighted by molar-refractivity contribution is 9.11. The lowest BCUT2D eigenvalue weighted by Crippen LogP contribution is -2.35. The van der Waals surface area contributed by atoms with Crippen LogP contribution in [0.3, 0.4) is 0 Å². The number of methoxy groups -OCH3 is 1. The Bertz CT molecular complexity index is 481. The van der Waals surface area contributed by atoms with Gasteiger partial charge in [-0.3, -0.25) is 0 Å². The van der Waals surface area contributed by atoms with Crippen LogP contribution in [0.2, 0.25) is 0 Å². The van der Waals surface area contributed by atoms with Crippen LogP contribution < -0.4 is 0 Å². The summed E-state index contributed by atoms with van der Waals surface area (Å²) in [6.07, 6.45) is 1.91. The predicted molar refractivity (Wildman–Crippen MR) is 70.8 cm³/mol. The van der Waals surface area contributed by atoms with Crippen molar-refractivity contribution in [3.63, 3.8) is 0 Å². The minimum Gasteiger partial charge on any atom is -0.383 e. The number of ether oxygens (including phenoxy) is 1. The SMILES string of the molecule is COCCN(C1CC1)S(=O)(=O)c1ccc(Br)s1. The van der Waals surface area contributed by atoms with E-state index in [4.69, 9.17) is 4.74 Å². The summed E-state index contributed by atoms with van der Waals surface area (Å²) in [7, 11) is -1.76. The number of thiophene rings is 1. The Morgan fingerprint density at radius 1 is 1.53 bits per heavy atom. The van der Waals surface area contributed by atoms with Gasteiger partial charge in [-0.25, -0.2) is 8.42 Å². The van der Waals surface area contributed by atoms with E-state index < -0.39 is 10.0 Å². The first-order valence-corrected chi connectivity index (χ1v) is 8.37. The number of nitrogens with zero attached hydrogens (tertiary/aromatic N) is 1. The second-order valence-electron chi connectivity index (χ2n) is 3.90. The molecule has 0 atom stereocenters. The first-order valence-electron chi connectivity index (χ1n) is 5.32. The average molecular weight is 340 g/mol. The van der Waals surface area contributed by atoms with Crippen molar-refractivity contribution in [3.05, 3.63) is 15.9 Å². The van der Waals surface area contributed by atoms with Crippen LogP contribution in [0, 0.1) is 0 Å². The van der Waals surface area contributed by atoms with Gasteiger partial charge in [0.2, 0.25) is 0 Å². The van der Waals surface area contributed by atoms with E-state index in [9.17, 15) is 8.42 Å². The molecule has 1 heterocycles. The zero-order valence-corrected chi connectivity index (χ0v) is 12.6. The van der Waals surface area contributed by atoms with Crippen molar-refractivity contribution in [3.8, 4) is 0 Å². The van der Waals surface area contributed by atoms with Gasteiger partial charge >= 0.3 is 0 Å². The van der Waals surface area contributed by atoms with E-state index in [0.717, 1.165) is 16.6 Å². The largest absolute Gasteiger partial charge is 0.383 e. The quantitative estimate of drug-likeness (QED) is 0.798. The molecule has 1 aliphatic carbocycles. The van der Waals surface area contributed by atoms with Gasteiger partial charge in [-0.2, -0.15) is 4.31 Å². The molecule has 1 aromatic heterocycles. The van der Waals surface area contributed by atoms with Gasteiger partial charge in [0.05, 0.1) is 10.4 Å². The first kappa shape index (κ1) is 13.5. The lowest BCUT2D eigenvalue weighted by molar-refractivity contribution is 0.177. The van der Waals surface area contributed by atoms with Crippen molar-refractivity contribution in [1.29, 1.82) is 0 Å². The summed E-state index contributed by atoms with van der Waals surface area (Å²) >= 11 is 4.54. The predicted octanol–water partition coefficient (Wildman–Crippen LogP) is 2.31. The van der Waals surface area contributed by atoms with Crippen molar-refractivity contribution in [2.45, 2.75) is 23.1 Å². The molecule has 2 rings (SSSR count). The molecule has 0 aromatic carbocycles. The molecule has 1 aromatic rings. The maximum Gasteiger partial charge on any atom is 0.252 e. The summed E-state index contributed by atoms with van der Waals surface area (Å²) in [5, 5.41) is 0. The second-order valence-corrected chi connectivity index (χ2v) is 8.48. The van der Waals surface area contributed by atoms with Gasteiger partial charge in [-0.1, -0.05) is 0 Å². The monoisotopic (exact) mass is 339 g/mol. The summed E-state index contributed by atoms with van der Waals surface area (Å²) in [6.45, 7) is 0.862. The van der Waals surface area contributed by atoms with E-state index in [1.807, 2.05) is 0 Å². The Balaban J connectivity index is 2.21. The lowest BCUT2D eigenvalue weighted by Gasteiger charge is -2.20. The standard InChI is InChI=1S/C10H14BrNO3S2/c1-15-7-6-12(8-2-3-8)17(13,14)10-5-4-9(11)16-10/h4-5,8H,2-3,6-7H2,1H3. The van der Waals surface area contributed by atoms with Gasteiger partial charge in [0.1, 0.15) is 4.21 Å². The Hall–Kier alpha value is 0.0500. The number of hydrogen-bond donors (Lipinski definition) is 0. The van der Waals surface area contributed by atoms with Gasteiger partial charge in [0.25, 0.3) is 10.0 Å². The summed E-state index contributed by atoms with van der Waals surface area (Å²) in [5.74, 6) is 0. The maximum absolute atomic E-state index is 12.4. The first-order chi connectivity index (χ1) is 8.05. The van der Waals surface area contributed by atoms with Crippen LogP contribution >= 0.6 is 27.3 Å². The van der Waals surface area contributed by atoms with Gasteiger partial charge in [0, 0.05) is 19.7 Å². The molecule has 7 heteroatoms. The van der Waals surface area contributed by atoms with Crippen molar-refractivity contribution in [1.82, 2.24) is 4.31 Å². The summed E-state index contributed by atoms with van der Waals surface area (Å²) in [6, 6.07) is 3.57. The van der Waals surface area contributed by atoms with Crippen LogP contribution in [0.4, 0.5) is 0 Å². The Morgan fingerprint density at radius 3 is 2.71 bits per heavy atom. The molecule has 1 aliphatic rings. The number of rotatable bonds is 6. The molecule has 1 fully saturated rings. The Morgan fingerprint density at radius 2 is 2.24 bits per heavy atom. The van der Waals surface area contributed by atoms with Gasteiger partial charge in [0.15, 0.2) is 0 Å². The topological polar surface area (TPSA) is 46.6 Å². The molecule has 96 valence electrons. The molecular formula is C10H14BrNO3S2. The van der Waals surface area contributed by atoms with Crippen LogP contribution in [0.15, 0.2) is 20.1 Å². The number of halogens is 1. The molecule has 0 saturated heterocycles. The minimum absolute atomic E-state index is 0.163. The zero-order valence-electron chi connectivity index (χ0n) is 9.43. The molecule has 0 spiro atoms. The van der Waals surface area contributed by atoms with E-state index >= 15 is 0 Å². The molecule has 0 unspecified atom stereocenters. The summed E-state index contributed by atoms with van der Waals surface area (Å²) in [4.78, 5) is 0. The second kappa shape index (κ2) is 5.36. The molecule has 17 heavy (non-hydrogen) atoms. The summed E-state index contributed by atoms with van der Waals surface area (Å²) < 4.78 is 32.6. The van der Waals surface area contributed by atoms with Crippen LogP contribution in [0.5, 0.6) is 0 Å². The molecule has 0 bridgehead atoms. The molecule has 4 nitrogen and oxygen atoms in total. The fraction of sp³-hybridized carbons (Fsp3) is 0.600. The highest BCUT2D eigenvalue weighted by Crippen LogP contribution is 2.35. The van der Waals surface area contributed by atoms with Crippen LogP contribution in [0.25, 0.3) is 0 Å². The third-order valence-electron chi connectivity index (χ3n) is 2.58. The van der Waals surface area contributed by atoms with Crippen LogP contribution in [-0.4, -0.2) is 39.0 Å².